The number of rotatable bonds is 7. The highest BCUT2D eigenvalue weighted by molar-refractivity contribution is 6.31. The maximum Gasteiger partial charge on any atom is 0.269 e. The number of benzene rings is 2. The molecule has 1 atom stereocenters. The molecule has 28 heavy (non-hydrogen) atoms. The minimum absolute atomic E-state index is 0.182. The first-order chi connectivity index (χ1) is 13.6. The number of carbonyl (C=O) groups is 1. The number of amides is 1. The molecule has 0 unspecified atom stereocenters. The topological polar surface area (TPSA) is 42.4 Å². The number of anilines is 1. The maximum atomic E-state index is 13.2. The van der Waals surface area contributed by atoms with Crippen LogP contribution in [0.3, 0.4) is 0 Å². The van der Waals surface area contributed by atoms with Crippen LogP contribution >= 0.6 is 11.6 Å². The van der Waals surface area contributed by atoms with E-state index in [1.807, 2.05) is 60.7 Å². The molecule has 1 heterocycles. The molecular weight excluding hydrogens is 372 g/mol. The second-order valence-electron chi connectivity index (χ2n) is 6.46. The van der Waals surface area contributed by atoms with Gasteiger partial charge in [0.1, 0.15) is 11.6 Å². The van der Waals surface area contributed by atoms with E-state index >= 15 is 0 Å². The summed E-state index contributed by atoms with van der Waals surface area (Å²) in [6, 6.07) is 20.7. The van der Waals surface area contributed by atoms with Crippen molar-refractivity contribution in [2.45, 2.75) is 32.9 Å². The lowest BCUT2D eigenvalue weighted by molar-refractivity contribution is -0.124. The molecule has 0 aliphatic heterocycles. The molecule has 2 aromatic carbocycles. The highest BCUT2D eigenvalue weighted by Crippen LogP contribution is 2.22. The summed E-state index contributed by atoms with van der Waals surface area (Å²) in [7, 11) is 0. The zero-order valence-corrected chi connectivity index (χ0v) is 16.8. The van der Waals surface area contributed by atoms with E-state index in [2.05, 4.69) is 11.9 Å². The first kappa shape index (κ1) is 19.9. The minimum atomic E-state index is -0.669. The number of carbonyl (C=O) groups excluding carboxylic acids is 1. The van der Waals surface area contributed by atoms with Crippen LogP contribution < -0.4 is 9.64 Å². The van der Waals surface area contributed by atoms with E-state index in [9.17, 15) is 4.79 Å². The SMILES string of the molecule is CCc1ccc(O[C@@H](C)C(=O)N(Cc2ccccc2Cl)c2ccccn2)cc1. The lowest BCUT2D eigenvalue weighted by Crippen LogP contribution is -2.40. The predicted octanol–water partition coefficient (Wildman–Crippen LogP) is 5.30. The molecule has 0 spiro atoms. The quantitative estimate of drug-likeness (QED) is 0.546. The van der Waals surface area contributed by atoms with Crippen molar-refractivity contribution in [3.8, 4) is 5.75 Å². The Bertz CT molecular complexity index is 913. The number of hydrogen-bond acceptors (Lipinski definition) is 3. The van der Waals surface area contributed by atoms with Gasteiger partial charge >= 0.3 is 0 Å². The molecule has 1 aromatic heterocycles. The second-order valence-corrected chi connectivity index (χ2v) is 6.87. The van der Waals surface area contributed by atoms with Crippen LogP contribution in [0.25, 0.3) is 0 Å². The molecule has 0 N–H and O–H groups in total. The molecule has 3 aromatic rings. The van der Waals surface area contributed by atoms with Crippen molar-refractivity contribution in [1.29, 1.82) is 0 Å². The van der Waals surface area contributed by atoms with E-state index in [0.717, 1.165) is 12.0 Å². The number of halogens is 1. The summed E-state index contributed by atoms with van der Waals surface area (Å²) in [5, 5.41) is 0.611. The first-order valence-corrected chi connectivity index (χ1v) is 9.67. The Balaban J connectivity index is 1.82. The maximum absolute atomic E-state index is 13.2. The third-order valence-electron chi connectivity index (χ3n) is 4.47. The van der Waals surface area contributed by atoms with Crippen molar-refractivity contribution in [2.75, 3.05) is 4.90 Å². The Morgan fingerprint density at radius 2 is 1.79 bits per heavy atom. The molecule has 0 radical (unpaired) electrons. The molecule has 1 amide bonds. The number of hydrogen-bond donors (Lipinski definition) is 0. The molecule has 0 saturated carbocycles. The Kier molecular flexibility index (Phi) is 6.66. The molecule has 0 fully saturated rings. The molecule has 4 nitrogen and oxygen atoms in total. The summed E-state index contributed by atoms with van der Waals surface area (Å²) in [5.74, 6) is 1.04. The van der Waals surface area contributed by atoms with Crippen molar-refractivity contribution >= 4 is 23.3 Å². The summed E-state index contributed by atoms with van der Waals surface area (Å²) in [6.45, 7) is 4.16. The van der Waals surface area contributed by atoms with Crippen LogP contribution in [0.15, 0.2) is 72.9 Å². The Morgan fingerprint density at radius 1 is 1.07 bits per heavy atom. The van der Waals surface area contributed by atoms with Gasteiger partial charge in [-0.25, -0.2) is 4.98 Å². The van der Waals surface area contributed by atoms with E-state index in [1.165, 1.54) is 5.56 Å². The standard InChI is InChI=1S/C23H23ClN2O2/c1-3-18-11-13-20(14-12-18)28-17(2)23(27)26(22-10-6-7-15-25-22)16-19-8-4-5-9-21(19)24/h4-15,17H,3,16H2,1-2H3/t17-/m0/s1. The minimum Gasteiger partial charge on any atom is -0.481 e. The zero-order chi connectivity index (χ0) is 19.9. The fourth-order valence-corrected chi connectivity index (χ4v) is 3.06. The fourth-order valence-electron chi connectivity index (χ4n) is 2.86. The Hall–Kier alpha value is -2.85. The van der Waals surface area contributed by atoms with Crippen LogP contribution in [0.2, 0.25) is 5.02 Å². The highest BCUT2D eigenvalue weighted by Gasteiger charge is 2.25. The lowest BCUT2D eigenvalue weighted by atomic mass is 10.1. The van der Waals surface area contributed by atoms with Crippen molar-refractivity contribution in [1.82, 2.24) is 4.98 Å². The number of ether oxygens (including phenoxy) is 1. The summed E-state index contributed by atoms with van der Waals surface area (Å²) in [4.78, 5) is 19.2. The predicted molar refractivity (Wildman–Crippen MR) is 113 cm³/mol. The van der Waals surface area contributed by atoms with Gasteiger partial charge in [-0.1, -0.05) is 54.9 Å². The molecule has 3 rings (SSSR count). The molecule has 144 valence electrons. The summed E-state index contributed by atoms with van der Waals surface area (Å²) >= 11 is 6.31. The molecule has 0 aliphatic rings. The monoisotopic (exact) mass is 394 g/mol. The van der Waals surface area contributed by atoms with Crippen LogP contribution in [0.5, 0.6) is 5.75 Å². The van der Waals surface area contributed by atoms with E-state index < -0.39 is 6.10 Å². The van der Waals surface area contributed by atoms with E-state index in [1.54, 1.807) is 24.1 Å². The highest BCUT2D eigenvalue weighted by atomic mass is 35.5. The van der Waals surface area contributed by atoms with Crippen LogP contribution in [0, 0.1) is 0 Å². The third-order valence-corrected chi connectivity index (χ3v) is 4.84. The molecule has 5 heteroatoms. The summed E-state index contributed by atoms with van der Waals surface area (Å²) in [6.07, 6.45) is 1.95. The number of pyridine rings is 1. The van der Waals surface area contributed by atoms with Crippen molar-refractivity contribution in [2.24, 2.45) is 0 Å². The first-order valence-electron chi connectivity index (χ1n) is 9.30. The van der Waals surface area contributed by atoms with Gasteiger partial charge in [-0.3, -0.25) is 9.69 Å². The number of nitrogens with zero attached hydrogens (tertiary/aromatic N) is 2. The van der Waals surface area contributed by atoms with Gasteiger partial charge in [0.25, 0.3) is 5.91 Å². The lowest BCUT2D eigenvalue weighted by Gasteiger charge is -2.26. The average molecular weight is 395 g/mol. The van der Waals surface area contributed by atoms with Crippen LogP contribution in [0.1, 0.15) is 25.0 Å². The van der Waals surface area contributed by atoms with Gasteiger partial charge in [-0.15, -0.1) is 0 Å². The van der Waals surface area contributed by atoms with Gasteiger partial charge in [-0.2, -0.15) is 0 Å². The van der Waals surface area contributed by atoms with Crippen molar-refractivity contribution in [3.05, 3.63) is 89.1 Å². The fraction of sp³-hybridized carbons (Fsp3) is 0.217. The molecule has 0 saturated heterocycles. The second kappa shape index (κ2) is 9.38. The Labute approximate surface area is 170 Å². The number of aromatic nitrogens is 1. The van der Waals surface area contributed by atoms with Gasteiger partial charge in [0.15, 0.2) is 6.10 Å². The number of aryl methyl sites for hydroxylation is 1. The third kappa shape index (κ3) is 4.90. The van der Waals surface area contributed by atoms with Crippen LogP contribution in [-0.2, 0) is 17.8 Å². The summed E-state index contributed by atoms with van der Waals surface area (Å²) < 4.78 is 5.89. The largest absolute Gasteiger partial charge is 0.481 e. The molecule has 0 aliphatic carbocycles. The van der Waals surface area contributed by atoms with Crippen molar-refractivity contribution in [3.63, 3.8) is 0 Å². The van der Waals surface area contributed by atoms with Crippen LogP contribution in [0.4, 0.5) is 5.82 Å². The molecular formula is C23H23ClN2O2. The van der Waals surface area contributed by atoms with Gasteiger partial charge < -0.3 is 4.74 Å². The normalized spacial score (nSPS) is 11.7. The van der Waals surface area contributed by atoms with Crippen molar-refractivity contribution < 1.29 is 9.53 Å². The van der Waals surface area contributed by atoms with Crippen LogP contribution in [-0.4, -0.2) is 17.0 Å². The van der Waals surface area contributed by atoms with Gasteiger partial charge in [0.2, 0.25) is 0 Å². The molecule has 0 bridgehead atoms. The average Bonchev–Trinajstić information content (AvgIpc) is 2.74. The Morgan fingerprint density at radius 3 is 2.43 bits per heavy atom. The van der Waals surface area contributed by atoms with E-state index in [4.69, 9.17) is 16.3 Å². The van der Waals surface area contributed by atoms with Gasteiger partial charge in [-0.05, 0) is 54.8 Å². The van der Waals surface area contributed by atoms with E-state index in [-0.39, 0.29) is 5.91 Å². The van der Waals surface area contributed by atoms with Gasteiger partial charge in [0.05, 0.1) is 6.54 Å². The van der Waals surface area contributed by atoms with Gasteiger partial charge in [0, 0.05) is 11.2 Å². The summed E-state index contributed by atoms with van der Waals surface area (Å²) in [5.41, 5.74) is 2.07. The zero-order valence-electron chi connectivity index (χ0n) is 16.0. The smallest absolute Gasteiger partial charge is 0.269 e. The van der Waals surface area contributed by atoms with E-state index in [0.29, 0.717) is 23.1 Å².